The molecule has 3 nitrogen and oxygen atoms in total. The van der Waals surface area contributed by atoms with Crippen LogP contribution >= 0.6 is 0 Å². The van der Waals surface area contributed by atoms with Crippen molar-refractivity contribution in [1.82, 2.24) is 5.32 Å². The number of carbonyl (C=O) groups excluding carboxylic acids is 1. The third-order valence-corrected chi connectivity index (χ3v) is 1.58. The Kier molecular flexibility index (Phi) is 4.66. The zero-order valence-corrected chi connectivity index (χ0v) is 6.70. The number of nitrogens with two attached hydrogens (primary N) is 1. The van der Waals surface area contributed by atoms with Crippen molar-refractivity contribution in [2.24, 2.45) is 5.73 Å². The van der Waals surface area contributed by atoms with E-state index in [1.54, 1.807) is 0 Å². The molecule has 1 heterocycles. The van der Waals surface area contributed by atoms with E-state index in [0.29, 0.717) is 0 Å². The van der Waals surface area contributed by atoms with E-state index < -0.39 is 0 Å². The van der Waals surface area contributed by atoms with E-state index in [2.05, 4.69) is 5.32 Å². The number of hydrogen-bond donors (Lipinski definition) is 2. The maximum Gasteiger partial charge on any atom is 2.00 e. The van der Waals surface area contributed by atoms with Crippen LogP contribution in [-0.4, -0.2) is 18.5 Å². The fourth-order valence-corrected chi connectivity index (χ4v) is 0.963. The van der Waals surface area contributed by atoms with Crippen molar-refractivity contribution in [1.29, 1.82) is 0 Å². The van der Waals surface area contributed by atoms with Crippen LogP contribution in [0.1, 0.15) is 19.3 Å². The molecule has 3 N–H and O–H groups in total. The van der Waals surface area contributed by atoms with Crippen LogP contribution in [0.25, 0.3) is 0 Å². The molecule has 0 aromatic rings. The molecule has 1 saturated heterocycles. The quantitative estimate of drug-likeness (QED) is 0.507. The molecule has 0 aromatic carbocycles. The number of amides is 1. The van der Waals surface area contributed by atoms with Crippen LogP contribution in [0.4, 0.5) is 0 Å². The van der Waals surface area contributed by atoms with Gasteiger partial charge in [0.05, 0.1) is 6.04 Å². The molecular formula is C6H12N2NiO+2. The molecule has 1 rings (SSSR count). The van der Waals surface area contributed by atoms with Crippen molar-refractivity contribution >= 4 is 5.91 Å². The summed E-state index contributed by atoms with van der Waals surface area (Å²) < 4.78 is 0. The molecule has 0 radical (unpaired) electrons. The number of nitrogens with one attached hydrogen (secondary N) is 1. The third-order valence-electron chi connectivity index (χ3n) is 1.58. The summed E-state index contributed by atoms with van der Waals surface area (Å²) in [6, 6.07) is -0.257. The van der Waals surface area contributed by atoms with Crippen molar-refractivity contribution in [2.45, 2.75) is 25.3 Å². The summed E-state index contributed by atoms with van der Waals surface area (Å²) in [5.41, 5.74) is 5.47. The van der Waals surface area contributed by atoms with Crippen LogP contribution in [0.3, 0.4) is 0 Å². The molecule has 1 amide bonds. The number of rotatable bonds is 0. The first-order chi connectivity index (χ1) is 4.30. The Morgan fingerprint density at radius 1 is 1.50 bits per heavy atom. The first kappa shape index (κ1) is 9.92. The van der Waals surface area contributed by atoms with Crippen molar-refractivity contribution in [3.63, 3.8) is 0 Å². The molecule has 1 fully saturated rings. The van der Waals surface area contributed by atoms with Gasteiger partial charge in [-0.15, -0.1) is 0 Å². The zero-order valence-electron chi connectivity index (χ0n) is 5.71. The maximum atomic E-state index is 10.8. The molecule has 1 atom stereocenters. The van der Waals surface area contributed by atoms with Gasteiger partial charge in [-0.05, 0) is 19.3 Å². The predicted molar refractivity (Wildman–Crippen MR) is 34.8 cm³/mol. The fourth-order valence-electron chi connectivity index (χ4n) is 0.963. The van der Waals surface area contributed by atoms with Crippen LogP contribution in [0.15, 0.2) is 0 Å². The van der Waals surface area contributed by atoms with Gasteiger partial charge in [0.2, 0.25) is 5.91 Å². The first-order valence-corrected chi connectivity index (χ1v) is 3.34. The molecule has 0 saturated carbocycles. The van der Waals surface area contributed by atoms with Crippen molar-refractivity contribution in [3.8, 4) is 0 Å². The average molecular weight is 187 g/mol. The SMILES string of the molecule is NC1CCCCNC1=O.[Ni+2]. The smallest absolute Gasteiger partial charge is 0.355 e. The van der Waals surface area contributed by atoms with Crippen LogP contribution in [-0.2, 0) is 21.3 Å². The van der Waals surface area contributed by atoms with Crippen molar-refractivity contribution < 1.29 is 21.3 Å². The summed E-state index contributed by atoms with van der Waals surface area (Å²) >= 11 is 0. The third kappa shape index (κ3) is 2.67. The Labute approximate surface area is 70.7 Å². The topological polar surface area (TPSA) is 55.1 Å². The van der Waals surface area contributed by atoms with E-state index in [1.165, 1.54) is 0 Å². The number of carbonyl (C=O) groups is 1. The summed E-state index contributed by atoms with van der Waals surface area (Å²) in [5.74, 6) is 0.00694. The van der Waals surface area contributed by atoms with Gasteiger partial charge < -0.3 is 11.1 Å². The molecule has 1 aliphatic rings. The minimum atomic E-state index is -0.257. The molecular weight excluding hydrogens is 175 g/mol. The van der Waals surface area contributed by atoms with E-state index >= 15 is 0 Å². The van der Waals surface area contributed by atoms with Gasteiger partial charge in [0.15, 0.2) is 0 Å². The number of hydrogen-bond acceptors (Lipinski definition) is 2. The first-order valence-electron chi connectivity index (χ1n) is 3.34. The molecule has 10 heavy (non-hydrogen) atoms. The van der Waals surface area contributed by atoms with Crippen molar-refractivity contribution in [3.05, 3.63) is 0 Å². The van der Waals surface area contributed by atoms with Crippen LogP contribution in [0, 0.1) is 0 Å². The Morgan fingerprint density at radius 3 is 2.90 bits per heavy atom. The van der Waals surface area contributed by atoms with Gasteiger partial charge in [-0.25, -0.2) is 0 Å². The van der Waals surface area contributed by atoms with E-state index in [9.17, 15) is 4.79 Å². The second-order valence-corrected chi connectivity index (χ2v) is 2.39. The monoisotopic (exact) mass is 186 g/mol. The van der Waals surface area contributed by atoms with Crippen LogP contribution in [0.2, 0.25) is 0 Å². The van der Waals surface area contributed by atoms with Gasteiger partial charge in [-0.3, -0.25) is 4.79 Å². The van der Waals surface area contributed by atoms with Crippen LogP contribution < -0.4 is 11.1 Å². The Bertz CT molecular complexity index is 118. The molecule has 0 spiro atoms. The average Bonchev–Trinajstić information content (AvgIpc) is 1.99. The summed E-state index contributed by atoms with van der Waals surface area (Å²) in [6.45, 7) is 0.798. The van der Waals surface area contributed by atoms with Gasteiger partial charge in [-0.1, -0.05) is 0 Å². The predicted octanol–water partition coefficient (Wildman–Crippen LogP) is -0.389. The summed E-state index contributed by atoms with van der Waals surface area (Å²) in [4.78, 5) is 10.8. The van der Waals surface area contributed by atoms with E-state index in [4.69, 9.17) is 5.73 Å². The summed E-state index contributed by atoms with van der Waals surface area (Å²) in [7, 11) is 0. The van der Waals surface area contributed by atoms with Crippen molar-refractivity contribution in [2.75, 3.05) is 6.54 Å². The molecule has 0 aliphatic carbocycles. The minimum absolute atomic E-state index is 0. The molecule has 0 aromatic heterocycles. The standard InChI is InChI=1S/C6H12N2O.Ni/c7-5-3-1-2-4-8-6(5)9;/h5H,1-4,7H2,(H,8,9);/q;+2. The summed E-state index contributed by atoms with van der Waals surface area (Å²) in [6.07, 6.45) is 2.98. The fraction of sp³-hybridized carbons (Fsp3) is 0.833. The van der Waals surface area contributed by atoms with E-state index in [0.717, 1.165) is 25.8 Å². The molecule has 1 unspecified atom stereocenters. The maximum absolute atomic E-state index is 10.8. The van der Waals surface area contributed by atoms with Crippen LogP contribution in [0.5, 0.6) is 0 Å². The molecule has 60 valence electrons. The minimum Gasteiger partial charge on any atom is -0.355 e. The van der Waals surface area contributed by atoms with Gasteiger partial charge in [0, 0.05) is 6.54 Å². The second-order valence-electron chi connectivity index (χ2n) is 2.39. The van der Waals surface area contributed by atoms with Gasteiger partial charge in [0.1, 0.15) is 0 Å². The van der Waals surface area contributed by atoms with Gasteiger partial charge >= 0.3 is 16.5 Å². The molecule has 4 heteroatoms. The largest absolute Gasteiger partial charge is 2.00 e. The second kappa shape index (κ2) is 4.70. The molecule has 1 aliphatic heterocycles. The van der Waals surface area contributed by atoms with Gasteiger partial charge in [0.25, 0.3) is 0 Å². The molecule has 0 bridgehead atoms. The Hall–Kier alpha value is -0.0765. The van der Waals surface area contributed by atoms with E-state index in [-0.39, 0.29) is 28.4 Å². The summed E-state index contributed by atoms with van der Waals surface area (Å²) in [5, 5.41) is 2.73. The van der Waals surface area contributed by atoms with Gasteiger partial charge in [-0.2, -0.15) is 0 Å². The van der Waals surface area contributed by atoms with E-state index in [1.807, 2.05) is 0 Å². The zero-order chi connectivity index (χ0) is 6.69. The Balaban J connectivity index is 0.000000810. The Morgan fingerprint density at radius 2 is 2.20 bits per heavy atom. The normalized spacial score (nSPS) is 26.1.